The van der Waals surface area contributed by atoms with Crippen molar-refractivity contribution in [2.45, 2.75) is 24.5 Å². The van der Waals surface area contributed by atoms with Gasteiger partial charge in [-0.05, 0) is 20.0 Å². The van der Waals surface area contributed by atoms with Crippen molar-refractivity contribution in [1.29, 1.82) is 0 Å². The highest BCUT2D eigenvalue weighted by molar-refractivity contribution is 7.89. The Morgan fingerprint density at radius 2 is 2.00 bits per heavy atom. The Morgan fingerprint density at radius 3 is 2.50 bits per heavy atom. The van der Waals surface area contributed by atoms with E-state index in [4.69, 9.17) is 0 Å². The molecule has 9 heteroatoms. The molecule has 104 valence electrons. The predicted octanol–water partition coefficient (Wildman–Crippen LogP) is 1.62. The summed E-state index contributed by atoms with van der Waals surface area (Å²) in [5, 5.41) is 2.85. The van der Waals surface area contributed by atoms with Gasteiger partial charge in [0, 0.05) is 16.3 Å². The summed E-state index contributed by atoms with van der Waals surface area (Å²) in [5.74, 6) is 0. The standard InChI is InChI=1S/C9H13F3N2O2S2/c1-6-8(3-7(17-6)4-13-2)18(15,16)14-5-9(10,11)12/h3,13-14H,4-5H2,1-2H3. The molecule has 0 saturated carbocycles. The largest absolute Gasteiger partial charge is 0.402 e. The van der Waals surface area contributed by atoms with Crippen molar-refractivity contribution in [2.24, 2.45) is 0 Å². The summed E-state index contributed by atoms with van der Waals surface area (Å²) in [6, 6.07) is 1.38. The second kappa shape index (κ2) is 5.55. The summed E-state index contributed by atoms with van der Waals surface area (Å²) < 4.78 is 60.9. The first-order chi connectivity index (χ1) is 8.15. The van der Waals surface area contributed by atoms with Crippen LogP contribution in [0.15, 0.2) is 11.0 Å². The van der Waals surface area contributed by atoms with Crippen molar-refractivity contribution in [3.8, 4) is 0 Å². The monoisotopic (exact) mass is 302 g/mol. The van der Waals surface area contributed by atoms with E-state index in [2.05, 4.69) is 5.32 Å². The minimum atomic E-state index is -4.56. The van der Waals surface area contributed by atoms with E-state index < -0.39 is 22.7 Å². The lowest BCUT2D eigenvalue weighted by Gasteiger charge is -2.08. The van der Waals surface area contributed by atoms with E-state index in [1.807, 2.05) is 0 Å². The lowest BCUT2D eigenvalue weighted by molar-refractivity contribution is -0.121. The zero-order valence-corrected chi connectivity index (χ0v) is 11.4. The summed E-state index contributed by atoms with van der Waals surface area (Å²) >= 11 is 1.24. The van der Waals surface area contributed by atoms with Gasteiger partial charge in [0.05, 0.1) is 4.90 Å². The topological polar surface area (TPSA) is 58.2 Å². The first kappa shape index (κ1) is 15.4. The van der Waals surface area contributed by atoms with Gasteiger partial charge in [0.15, 0.2) is 0 Å². The number of hydrogen-bond donors (Lipinski definition) is 2. The van der Waals surface area contributed by atoms with Crippen LogP contribution in [0.1, 0.15) is 9.75 Å². The van der Waals surface area contributed by atoms with Gasteiger partial charge in [-0.1, -0.05) is 0 Å². The number of alkyl halides is 3. The highest BCUT2D eigenvalue weighted by atomic mass is 32.2. The van der Waals surface area contributed by atoms with E-state index in [0.717, 1.165) is 4.88 Å². The van der Waals surface area contributed by atoms with Crippen LogP contribution in [-0.4, -0.2) is 28.2 Å². The van der Waals surface area contributed by atoms with Gasteiger partial charge in [-0.15, -0.1) is 11.3 Å². The molecule has 0 bridgehead atoms. The molecule has 1 aromatic rings. The molecule has 0 aliphatic rings. The number of aryl methyl sites for hydroxylation is 1. The molecule has 0 saturated heterocycles. The molecule has 0 unspecified atom stereocenters. The predicted molar refractivity (Wildman–Crippen MR) is 63.1 cm³/mol. The molecular formula is C9H13F3N2O2S2. The maximum Gasteiger partial charge on any atom is 0.402 e. The van der Waals surface area contributed by atoms with E-state index in [-0.39, 0.29) is 4.90 Å². The highest BCUT2D eigenvalue weighted by Crippen LogP contribution is 2.26. The van der Waals surface area contributed by atoms with E-state index in [9.17, 15) is 21.6 Å². The fourth-order valence-corrected chi connectivity index (χ4v) is 3.97. The zero-order valence-electron chi connectivity index (χ0n) is 9.76. The Morgan fingerprint density at radius 1 is 1.39 bits per heavy atom. The first-order valence-corrected chi connectivity index (χ1v) is 7.26. The highest BCUT2D eigenvalue weighted by Gasteiger charge is 2.31. The molecule has 0 aromatic carbocycles. The molecule has 18 heavy (non-hydrogen) atoms. The molecule has 1 rings (SSSR count). The van der Waals surface area contributed by atoms with Crippen molar-refractivity contribution in [1.82, 2.24) is 10.0 Å². The Kier molecular flexibility index (Phi) is 4.76. The fourth-order valence-electron chi connectivity index (χ4n) is 1.31. The molecule has 0 atom stereocenters. The van der Waals surface area contributed by atoms with E-state index in [1.54, 1.807) is 18.7 Å². The van der Waals surface area contributed by atoms with Gasteiger partial charge in [0.2, 0.25) is 10.0 Å². The van der Waals surface area contributed by atoms with Crippen molar-refractivity contribution < 1.29 is 21.6 Å². The van der Waals surface area contributed by atoms with E-state index in [0.29, 0.717) is 11.4 Å². The third-order valence-corrected chi connectivity index (χ3v) is 4.73. The van der Waals surface area contributed by atoms with Crippen molar-refractivity contribution in [2.75, 3.05) is 13.6 Å². The van der Waals surface area contributed by atoms with Crippen LogP contribution in [0.25, 0.3) is 0 Å². The summed E-state index contributed by atoms with van der Waals surface area (Å²) in [4.78, 5) is 1.12. The van der Waals surface area contributed by atoms with Gasteiger partial charge < -0.3 is 5.32 Å². The average Bonchev–Trinajstić information content (AvgIpc) is 2.57. The number of rotatable bonds is 5. The van der Waals surface area contributed by atoms with Crippen LogP contribution in [0.3, 0.4) is 0 Å². The molecule has 2 N–H and O–H groups in total. The molecule has 4 nitrogen and oxygen atoms in total. The van der Waals surface area contributed by atoms with Crippen LogP contribution in [0, 0.1) is 6.92 Å². The Hall–Kier alpha value is -0.640. The van der Waals surface area contributed by atoms with Crippen LogP contribution in [0.5, 0.6) is 0 Å². The molecule has 0 spiro atoms. The first-order valence-electron chi connectivity index (χ1n) is 4.96. The molecule has 0 radical (unpaired) electrons. The van der Waals surface area contributed by atoms with Crippen LogP contribution >= 0.6 is 11.3 Å². The van der Waals surface area contributed by atoms with Gasteiger partial charge in [-0.2, -0.15) is 13.2 Å². The van der Waals surface area contributed by atoms with Gasteiger partial charge in [-0.3, -0.25) is 0 Å². The van der Waals surface area contributed by atoms with Crippen molar-refractivity contribution in [3.05, 3.63) is 15.8 Å². The van der Waals surface area contributed by atoms with E-state index >= 15 is 0 Å². The Bertz CT molecular complexity index is 508. The third kappa shape index (κ3) is 4.23. The molecule has 0 amide bonds. The number of thiophene rings is 1. The van der Waals surface area contributed by atoms with Crippen LogP contribution in [-0.2, 0) is 16.6 Å². The maximum atomic E-state index is 12.0. The van der Waals surface area contributed by atoms with E-state index in [1.165, 1.54) is 17.4 Å². The number of hydrogen-bond acceptors (Lipinski definition) is 4. The molecular weight excluding hydrogens is 289 g/mol. The SMILES string of the molecule is CNCc1cc(S(=O)(=O)NCC(F)(F)F)c(C)s1. The number of nitrogens with one attached hydrogen (secondary N) is 2. The normalized spacial score (nSPS) is 12.9. The molecule has 1 aromatic heterocycles. The summed E-state index contributed by atoms with van der Waals surface area (Å²) in [6.07, 6.45) is -4.56. The summed E-state index contributed by atoms with van der Waals surface area (Å²) in [7, 11) is -2.41. The quantitative estimate of drug-likeness (QED) is 0.869. The lowest BCUT2D eigenvalue weighted by atomic mass is 10.4. The molecule has 0 aliphatic carbocycles. The van der Waals surface area contributed by atoms with Crippen molar-refractivity contribution >= 4 is 21.4 Å². The summed E-state index contributed by atoms with van der Waals surface area (Å²) in [6.45, 7) is 0.470. The minimum absolute atomic E-state index is 0.0954. The zero-order chi connectivity index (χ0) is 14.0. The van der Waals surface area contributed by atoms with Crippen LogP contribution in [0.2, 0.25) is 0 Å². The van der Waals surface area contributed by atoms with Gasteiger partial charge in [-0.25, -0.2) is 13.1 Å². The fraction of sp³-hybridized carbons (Fsp3) is 0.556. The smallest absolute Gasteiger partial charge is 0.315 e. The second-order valence-corrected chi connectivity index (χ2v) is 6.68. The van der Waals surface area contributed by atoms with Gasteiger partial charge in [0.25, 0.3) is 0 Å². The second-order valence-electron chi connectivity index (χ2n) is 3.60. The van der Waals surface area contributed by atoms with Gasteiger partial charge in [0.1, 0.15) is 6.54 Å². The number of halogens is 3. The maximum absolute atomic E-state index is 12.0. The molecule has 1 heterocycles. The Balaban J connectivity index is 2.91. The van der Waals surface area contributed by atoms with Crippen molar-refractivity contribution in [3.63, 3.8) is 0 Å². The number of sulfonamides is 1. The van der Waals surface area contributed by atoms with Crippen LogP contribution in [0.4, 0.5) is 13.2 Å². The minimum Gasteiger partial charge on any atom is -0.315 e. The third-order valence-electron chi connectivity index (χ3n) is 2.03. The summed E-state index contributed by atoms with van der Waals surface area (Å²) in [5.41, 5.74) is 0. The molecule has 0 fully saturated rings. The molecule has 0 aliphatic heterocycles. The average molecular weight is 302 g/mol. The Labute approximate surface area is 107 Å². The lowest BCUT2D eigenvalue weighted by Crippen LogP contribution is -2.33. The van der Waals surface area contributed by atoms with Crippen LogP contribution < -0.4 is 10.0 Å². The van der Waals surface area contributed by atoms with Gasteiger partial charge >= 0.3 is 6.18 Å².